The normalized spacial score (nSPS) is 10.4. The second-order valence-corrected chi connectivity index (χ2v) is 6.22. The Balaban J connectivity index is 1.59. The summed E-state index contributed by atoms with van der Waals surface area (Å²) in [6.45, 7) is 4.05. The van der Waals surface area contributed by atoms with Crippen molar-refractivity contribution in [1.29, 1.82) is 0 Å². The summed E-state index contributed by atoms with van der Waals surface area (Å²) in [5.41, 5.74) is 3.19. The number of carbonyl (C=O) groups excluding carboxylic acids is 1. The van der Waals surface area contributed by atoms with Gasteiger partial charge in [0.15, 0.2) is 0 Å². The van der Waals surface area contributed by atoms with E-state index in [1.54, 1.807) is 12.1 Å². The molecule has 0 atom stereocenters. The lowest BCUT2D eigenvalue weighted by Gasteiger charge is -2.08. The van der Waals surface area contributed by atoms with Crippen molar-refractivity contribution in [3.8, 4) is 5.75 Å². The lowest BCUT2D eigenvalue weighted by Crippen LogP contribution is -2.10. The molecule has 0 spiro atoms. The first-order valence-corrected chi connectivity index (χ1v) is 8.56. The molecule has 2 aromatic carbocycles. The van der Waals surface area contributed by atoms with E-state index in [1.165, 1.54) is 12.3 Å². The Bertz CT molecular complexity index is 989. The zero-order chi connectivity index (χ0) is 19.2. The summed E-state index contributed by atoms with van der Waals surface area (Å²) in [5.74, 6) is -0.0995. The third kappa shape index (κ3) is 4.85. The Morgan fingerprint density at radius 2 is 1.74 bits per heavy atom. The summed E-state index contributed by atoms with van der Waals surface area (Å²) in [7, 11) is 0. The van der Waals surface area contributed by atoms with Crippen LogP contribution in [-0.2, 0) is 18.0 Å². The predicted octanol–water partition coefficient (Wildman–Crippen LogP) is 4.19. The SMILES string of the molecule is Cc1ccc(C(=O)OCc2cc(=O)c(OCc3ccccc3)co2)cc1C. The predicted molar refractivity (Wildman–Crippen MR) is 101 cm³/mol. The number of esters is 1. The van der Waals surface area contributed by atoms with Gasteiger partial charge in [0.2, 0.25) is 11.2 Å². The van der Waals surface area contributed by atoms with Crippen LogP contribution in [0.4, 0.5) is 0 Å². The molecule has 3 rings (SSSR count). The Kier molecular flexibility index (Phi) is 5.71. The van der Waals surface area contributed by atoms with Crippen molar-refractivity contribution in [2.75, 3.05) is 0 Å². The van der Waals surface area contributed by atoms with Gasteiger partial charge in [0.25, 0.3) is 0 Å². The molecular formula is C22H20O5. The third-order valence-electron chi connectivity index (χ3n) is 4.18. The number of ether oxygens (including phenoxy) is 2. The Morgan fingerprint density at radius 1 is 0.963 bits per heavy atom. The van der Waals surface area contributed by atoms with E-state index in [1.807, 2.05) is 50.2 Å². The van der Waals surface area contributed by atoms with E-state index in [9.17, 15) is 9.59 Å². The number of hydrogen-bond donors (Lipinski definition) is 0. The molecule has 3 aromatic rings. The van der Waals surface area contributed by atoms with Crippen LogP contribution in [0, 0.1) is 13.8 Å². The van der Waals surface area contributed by atoms with E-state index in [4.69, 9.17) is 13.9 Å². The minimum atomic E-state index is -0.467. The highest BCUT2D eigenvalue weighted by Gasteiger charge is 2.11. The number of carbonyl (C=O) groups is 1. The second kappa shape index (κ2) is 8.36. The maximum atomic E-state index is 12.1. The molecule has 0 aliphatic heterocycles. The average molecular weight is 364 g/mol. The maximum Gasteiger partial charge on any atom is 0.338 e. The van der Waals surface area contributed by atoms with E-state index in [2.05, 4.69) is 0 Å². The molecule has 0 N–H and O–H groups in total. The smallest absolute Gasteiger partial charge is 0.338 e. The molecule has 0 unspecified atom stereocenters. The summed E-state index contributed by atoms with van der Waals surface area (Å²) in [6, 6.07) is 16.1. The molecule has 0 aliphatic rings. The van der Waals surface area contributed by atoms with Crippen LogP contribution in [0.25, 0.3) is 0 Å². The van der Waals surface area contributed by atoms with Gasteiger partial charge < -0.3 is 13.9 Å². The molecule has 138 valence electrons. The number of rotatable bonds is 6. The zero-order valence-electron chi connectivity index (χ0n) is 15.2. The van der Waals surface area contributed by atoms with E-state index >= 15 is 0 Å². The van der Waals surface area contributed by atoms with Crippen LogP contribution in [0.2, 0.25) is 0 Å². The van der Waals surface area contributed by atoms with Crippen molar-refractivity contribution in [1.82, 2.24) is 0 Å². The first kappa shape index (κ1) is 18.5. The minimum absolute atomic E-state index is 0.114. The average Bonchev–Trinajstić information content (AvgIpc) is 2.68. The van der Waals surface area contributed by atoms with Gasteiger partial charge in [-0.2, -0.15) is 0 Å². The van der Waals surface area contributed by atoms with Crippen LogP contribution in [0.1, 0.15) is 32.8 Å². The topological polar surface area (TPSA) is 65.7 Å². The standard InChI is InChI=1S/C22H20O5/c1-15-8-9-18(10-16(15)2)22(24)27-13-19-11-20(23)21(14-25-19)26-12-17-6-4-3-5-7-17/h3-11,14H,12-13H2,1-2H3. The zero-order valence-corrected chi connectivity index (χ0v) is 15.2. The van der Waals surface area contributed by atoms with Gasteiger partial charge >= 0.3 is 5.97 Å². The Labute approximate surface area is 157 Å². The lowest BCUT2D eigenvalue weighted by atomic mass is 10.1. The first-order valence-electron chi connectivity index (χ1n) is 8.56. The van der Waals surface area contributed by atoms with Crippen molar-refractivity contribution in [3.63, 3.8) is 0 Å². The largest absolute Gasteiger partial charge is 0.482 e. The molecule has 0 aliphatic carbocycles. The van der Waals surface area contributed by atoms with Crippen molar-refractivity contribution in [3.05, 3.63) is 99.1 Å². The fourth-order valence-electron chi connectivity index (χ4n) is 2.44. The first-order chi connectivity index (χ1) is 13.0. The van der Waals surface area contributed by atoms with Gasteiger partial charge in [0.1, 0.15) is 25.2 Å². The third-order valence-corrected chi connectivity index (χ3v) is 4.18. The minimum Gasteiger partial charge on any atom is -0.482 e. The molecule has 1 heterocycles. The van der Waals surface area contributed by atoms with Crippen LogP contribution in [0.5, 0.6) is 5.75 Å². The fraction of sp³-hybridized carbons (Fsp3) is 0.182. The van der Waals surface area contributed by atoms with Gasteiger partial charge in [-0.05, 0) is 42.7 Å². The van der Waals surface area contributed by atoms with E-state index in [0.29, 0.717) is 5.56 Å². The van der Waals surface area contributed by atoms with Crippen LogP contribution in [-0.4, -0.2) is 5.97 Å². The van der Waals surface area contributed by atoms with E-state index in [-0.39, 0.29) is 30.2 Å². The summed E-state index contributed by atoms with van der Waals surface area (Å²) in [4.78, 5) is 24.3. The number of aryl methyl sites for hydroxylation is 2. The molecule has 27 heavy (non-hydrogen) atoms. The highest BCUT2D eigenvalue weighted by Crippen LogP contribution is 2.13. The van der Waals surface area contributed by atoms with Gasteiger partial charge in [-0.15, -0.1) is 0 Å². The highest BCUT2D eigenvalue weighted by atomic mass is 16.5. The quantitative estimate of drug-likeness (QED) is 0.614. The Hall–Kier alpha value is -3.34. The van der Waals surface area contributed by atoms with Crippen molar-refractivity contribution < 1.29 is 18.7 Å². The van der Waals surface area contributed by atoms with Crippen molar-refractivity contribution in [2.45, 2.75) is 27.1 Å². The molecule has 0 saturated heterocycles. The molecule has 0 amide bonds. The summed E-state index contributed by atoms with van der Waals surface area (Å²) >= 11 is 0. The van der Waals surface area contributed by atoms with Gasteiger partial charge in [-0.3, -0.25) is 4.79 Å². The Morgan fingerprint density at radius 3 is 2.44 bits per heavy atom. The molecule has 5 heteroatoms. The van der Waals surface area contributed by atoms with Gasteiger partial charge in [-0.25, -0.2) is 4.79 Å². The number of benzene rings is 2. The van der Waals surface area contributed by atoms with Crippen LogP contribution in [0.15, 0.2) is 70.1 Å². The van der Waals surface area contributed by atoms with Gasteiger partial charge in [0, 0.05) is 6.07 Å². The second-order valence-electron chi connectivity index (χ2n) is 6.22. The van der Waals surface area contributed by atoms with Gasteiger partial charge in [0.05, 0.1) is 5.56 Å². The molecule has 0 fully saturated rings. The highest BCUT2D eigenvalue weighted by molar-refractivity contribution is 5.89. The van der Waals surface area contributed by atoms with Crippen LogP contribution < -0.4 is 10.2 Å². The molecule has 1 aromatic heterocycles. The monoisotopic (exact) mass is 364 g/mol. The van der Waals surface area contributed by atoms with Crippen molar-refractivity contribution in [2.24, 2.45) is 0 Å². The van der Waals surface area contributed by atoms with E-state index in [0.717, 1.165) is 16.7 Å². The lowest BCUT2D eigenvalue weighted by molar-refractivity contribution is 0.0442. The summed E-state index contributed by atoms with van der Waals surface area (Å²) < 4.78 is 16.1. The molecule has 0 saturated carbocycles. The summed E-state index contributed by atoms with van der Waals surface area (Å²) in [5, 5.41) is 0. The fourth-order valence-corrected chi connectivity index (χ4v) is 2.44. The summed E-state index contributed by atoms with van der Waals surface area (Å²) in [6.07, 6.45) is 1.24. The van der Waals surface area contributed by atoms with Crippen LogP contribution >= 0.6 is 0 Å². The maximum absolute atomic E-state index is 12.1. The molecule has 0 bridgehead atoms. The molecule has 5 nitrogen and oxygen atoms in total. The van der Waals surface area contributed by atoms with Gasteiger partial charge in [-0.1, -0.05) is 36.4 Å². The van der Waals surface area contributed by atoms with Crippen molar-refractivity contribution >= 4 is 5.97 Å². The van der Waals surface area contributed by atoms with Crippen LogP contribution in [0.3, 0.4) is 0 Å². The molecule has 0 radical (unpaired) electrons. The molecular weight excluding hydrogens is 344 g/mol. The van der Waals surface area contributed by atoms with E-state index < -0.39 is 5.97 Å². The number of hydrogen-bond acceptors (Lipinski definition) is 5.